The summed E-state index contributed by atoms with van der Waals surface area (Å²) in [5, 5.41) is 17.7. The Balaban J connectivity index is 2.08. The van der Waals surface area contributed by atoms with Crippen LogP contribution in [0.1, 0.15) is 34.6 Å². The molecule has 0 saturated heterocycles. The molecule has 1 heterocycles. The van der Waals surface area contributed by atoms with Crippen LogP contribution in [0.5, 0.6) is 0 Å². The molecule has 0 amide bonds. The Labute approximate surface area is 146 Å². The number of methoxy groups -OCH3 is 1. The monoisotopic (exact) mass is 339 g/mol. The molecule has 0 saturated carbocycles. The van der Waals surface area contributed by atoms with Crippen molar-refractivity contribution in [1.29, 1.82) is 0 Å². The van der Waals surface area contributed by atoms with Gasteiger partial charge in [-0.25, -0.2) is 4.68 Å². The molecule has 1 unspecified atom stereocenters. The molecular weight excluding hydrogens is 318 g/mol. The number of aryl methyl sites for hydroxylation is 2. The standard InChI is InChI=1S/C19H21N3O3/c1-12-4-5-13(8-15(12)11-23)16(10-19(24)25-3)14-6-7-18-17(9-14)20-21-22(18)2/h4-9,16,23H,10-11H2,1-3H3. The van der Waals surface area contributed by atoms with E-state index in [2.05, 4.69) is 10.3 Å². The molecule has 6 nitrogen and oxygen atoms in total. The van der Waals surface area contributed by atoms with Crippen LogP contribution < -0.4 is 0 Å². The zero-order valence-corrected chi connectivity index (χ0v) is 14.6. The number of fused-ring (bicyclic) bond motifs is 1. The van der Waals surface area contributed by atoms with Crippen LogP contribution in [0.3, 0.4) is 0 Å². The Hall–Kier alpha value is -2.73. The number of hydrogen-bond donors (Lipinski definition) is 1. The normalized spacial score (nSPS) is 12.3. The van der Waals surface area contributed by atoms with Crippen LogP contribution in [0, 0.1) is 6.92 Å². The maximum absolute atomic E-state index is 12.0. The SMILES string of the molecule is COC(=O)CC(c1ccc(C)c(CO)c1)c1ccc2c(c1)nnn2C. The van der Waals surface area contributed by atoms with Crippen LogP contribution in [0.15, 0.2) is 36.4 Å². The fourth-order valence-corrected chi connectivity index (χ4v) is 3.03. The first-order valence-electron chi connectivity index (χ1n) is 8.10. The quantitative estimate of drug-likeness (QED) is 0.723. The molecule has 0 aliphatic rings. The molecule has 1 aromatic heterocycles. The lowest BCUT2D eigenvalue weighted by Gasteiger charge is -2.18. The second-order valence-corrected chi connectivity index (χ2v) is 6.14. The summed E-state index contributed by atoms with van der Waals surface area (Å²) in [5.41, 5.74) is 5.51. The fraction of sp³-hybridized carbons (Fsp3) is 0.316. The van der Waals surface area contributed by atoms with Crippen molar-refractivity contribution in [1.82, 2.24) is 15.0 Å². The predicted molar refractivity (Wildman–Crippen MR) is 94.1 cm³/mol. The summed E-state index contributed by atoms with van der Waals surface area (Å²) in [7, 11) is 3.23. The molecule has 3 aromatic rings. The summed E-state index contributed by atoms with van der Waals surface area (Å²) < 4.78 is 6.59. The topological polar surface area (TPSA) is 77.2 Å². The zero-order chi connectivity index (χ0) is 18.0. The van der Waals surface area contributed by atoms with Gasteiger partial charge in [-0.05, 0) is 41.3 Å². The maximum Gasteiger partial charge on any atom is 0.306 e. The molecule has 25 heavy (non-hydrogen) atoms. The lowest BCUT2D eigenvalue weighted by molar-refractivity contribution is -0.140. The minimum atomic E-state index is -0.282. The van der Waals surface area contributed by atoms with Gasteiger partial charge >= 0.3 is 5.97 Å². The number of ether oxygens (including phenoxy) is 1. The van der Waals surface area contributed by atoms with E-state index in [-0.39, 0.29) is 24.9 Å². The molecular formula is C19H21N3O3. The summed E-state index contributed by atoms with van der Waals surface area (Å²) in [6, 6.07) is 11.8. The molecule has 0 aliphatic heterocycles. The number of aliphatic hydroxyl groups is 1. The highest BCUT2D eigenvalue weighted by Crippen LogP contribution is 2.31. The number of aliphatic hydroxyl groups excluding tert-OH is 1. The Kier molecular flexibility index (Phi) is 4.81. The lowest BCUT2D eigenvalue weighted by atomic mass is 9.86. The first-order valence-corrected chi connectivity index (χ1v) is 8.10. The molecule has 0 radical (unpaired) electrons. The van der Waals surface area contributed by atoms with E-state index in [1.165, 1.54) is 7.11 Å². The molecule has 130 valence electrons. The molecule has 0 bridgehead atoms. The molecule has 1 atom stereocenters. The first-order chi connectivity index (χ1) is 12.0. The zero-order valence-electron chi connectivity index (χ0n) is 14.6. The number of hydrogen-bond acceptors (Lipinski definition) is 5. The van der Waals surface area contributed by atoms with Crippen LogP contribution >= 0.6 is 0 Å². The number of carbonyl (C=O) groups excluding carboxylic acids is 1. The van der Waals surface area contributed by atoms with Gasteiger partial charge in [-0.3, -0.25) is 4.79 Å². The molecule has 0 fully saturated rings. The molecule has 3 rings (SSSR count). The van der Waals surface area contributed by atoms with Crippen LogP contribution in [-0.4, -0.2) is 33.2 Å². The molecule has 0 aliphatic carbocycles. The minimum Gasteiger partial charge on any atom is -0.469 e. The van der Waals surface area contributed by atoms with Crippen molar-refractivity contribution in [2.24, 2.45) is 7.05 Å². The van der Waals surface area contributed by atoms with Crippen molar-refractivity contribution in [3.63, 3.8) is 0 Å². The van der Waals surface area contributed by atoms with Gasteiger partial charge in [0.25, 0.3) is 0 Å². The summed E-state index contributed by atoms with van der Waals surface area (Å²) in [4.78, 5) is 12.0. The number of rotatable bonds is 5. The summed E-state index contributed by atoms with van der Waals surface area (Å²) in [6.45, 7) is 1.92. The van der Waals surface area contributed by atoms with Gasteiger partial charge < -0.3 is 9.84 Å². The number of nitrogens with zero attached hydrogens (tertiary/aromatic N) is 3. The van der Waals surface area contributed by atoms with Gasteiger partial charge in [0.05, 0.1) is 25.7 Å². The van der Waals surface area contributed by atoms with Crippen LogP contribution in [0.2, 0.25) is 0 Å². The van der Waals surface area contributed by atoms with E-state index < -0.39 is 0 Å². The summed E-state index contributed by atoms with van der Waals surface area (Å²) in [5.74, 6) is -0.458. The highest BCUT2D eigenvalue weighted by atomic mass is 16.5. The molecule has 0 spiro atoms. The molecule has 1 N–H and O–H groups in total. The Morgan fingerprint density at radius 2 is 1.96 bits per heavy atom. The van der Waals surface area contributed by atoms with Crippen LogP contribution in [0.25, 0.3) is 11.0 Å². The van der Waals surface area contributed by atoms with Crippen molar-refractivity contribution in [3.8, 4) is 0 Å². The largest absolute Gasteiger partial charge is 0.469 e. The third-order valence-corrected chi connectivity index (χ3v) is 4.58. The van der Waals surface area contributed by atoms with Gasteiger partial charge in [0.1, 0.15) is 5.52 Å². The van der Waals surface area contributed by atoms with Crippen LogP contribution in [-0.2, 0) is 23.2 Å². The van der Waals surface area contributed by atoms with E-state index in [9.17, 15) is 9.90 Å². The Bertz CT molecular complexity index is 917. The van der Waals surface area contributed by atoms with Gasteiger partial charge in [0.2, 0.25) is 0 Å². The van der Waals surface area contributed by atoms with E-state index in [1.54, 1.807) is 4.68 Å². The van der Waals surface area contributed by atoms with Crippen molar-refractivity contribution < 1.29 is 14.6 Å². The van der Waals surface area contributed by atoms with E-state index in [1.807, 2.05) is 50.4 Å². The van der Waals surface area contributed by atoms with Gasteiger partial charge in [-0.2, -0.15) is 0 Å². The van der Waals surface area contributed by atoms with Gasteiger partial charge in [0.15, 0.2) is 0 Å². The fourth-order valence-electron chi connectivity index (χ4n) is 3.03. The number of benzene rings is 2. The average molecular weight is 339 g/mol. The van der Waals surface area contributed by atoms with E-state index in [4.69, 9.17) is 4.74 Å². The molecule has 6 heteroatoms. The summed E-state index contributed by atoms with van der Waals surface area (Å²) in [6.07, 6.45) is 0.218. The maximum atomic E-state index is 12.0. The third-order valence-electron chi connectivity index (χ3n) is 4.58. The third kappa shape index (κ3) is 3.39. The van der Waals surface area contributed by atoms with Crippen molar-refractivity contribution in [3.05, 3.63) is 58.7 Å². The Morgan fingerprint density at radius 3 is 2.68 bits per heavy atom. The minimum absolute atomic E-state index is 0.0339. The smallest absolute Gasteiger partial charge is 0.306 e. The van der Waals surface area contributed by atoms with E-state index in [0.717, 1.165) is 33.3 Å². The van der Waals surface area contributed by atoms with E-state index >= 15 is 0 Å². The van der Waals surface area contributed by atoms with Gasteiger partial charge in [-0.1, -0.05) is 29.5 Å². The van der Waals surface area contributed by atoms with E-state index in [0.29, 0.717) is 0 Å². The van der Waals surface area contributed by atoms with Crippen molar-refractivity contribution >= 4 is 17.0 Å². The first kappa shape index (κ1) is 17.1. The second kappa shape index (κ2) is 7.03. The van der Waals surface area contributed by atoms with Gasteiger partial charge in [0, 0.05) is 13.0 Å². The number of aromatic nitrogens is 3. The van der Waals surface area contributed by atoms with Gasteiger partial charge in [-0.15, -0.1) is 5.10 Å². The summed E-state index contributed by atoms with van der Waals surface area (Å²) >= 11 is 0. The van der Waals surface area contributed by atoms with Crippen molar-refractivity contribution in [2.45, 2.75) is 25.9 Å². The average Bonchev–Trinajstić information content (AvgIpc) is 3.00. The number of esters is 1. The highest BCUT2D eigenvalue weighted by Gasteiger charge is 2.20. The van der Waals surface area contributed by atoms with Crippen LogP contribution in [0.4, 0.5) is 0 Å². The predicted octanol–water partition coefficient (Wildman–Crippen LogP) is 2.46. The Morgan fingerprint density at radius 1 is 1.24 bits per heavy atom. The lowest BCUT2D eigenvalue weighted by Crippen LogP contribution is -2.11. The number of carbonyl (C=O) groups is 1. The van der Waals surface area contributed by atoms with Crippen molar-refractivity contribution in [2.75, 3.05) is 7.11 Å². The highest BCUT2D eigenvalue weighted by molar-refractivity contribution is 5.76. The second-order valence-electron chi connectivity index (χ2n) is 6.14. The molecule has 2 aromatic carbocycles.